The van der Waals surface area contributed by atoms with Crippen LogP contribution in [0.3, 0.4) is 0 Å². The number of aliphatic hydroxyl groups excluding tert-OH is 3. The third kappa shape index (κ3) is 5.47. The number of ether oxygens (including phenoxy) is 2. The minimum absolute atomic E-state index is 0.160. The van der Waals surface area contributed by atoms with Gasteiger partial charge in [-0.05, 0) is 5.56 Å². The molecule has 0 unspecified atom stereocenters. The van der Waals surface area contributed by atoms with Gasteiger partial charge < -0.3 is 40.3 Å². The van der Waals surface area contributed by atoms with E-state index in [9.17, 15) is 30.0 Å². The predicted molar refractivity (Wildman–Crippen MR) is 93.8 cm³/mol. The van der Waals surface area contributed by atoms with Gasteiger partial charge in [0, 0.05) is 13.3 Å². The Morgan fingerprint density at radius 1 is 1.32 bits per heavy atom. The molecule has 1 aliphatic rings. The van der Waals surface area contributed by atoms with Gasteiger partial charge >= 0.3 is 5.97 Å². The third-order valence-corrected chi connectivity index (χ3v) is 4.42. The zero-order valence-electron chi connectivity index (χ0n) is 15.3. The number of rotatable bonds is 8. The molecule has 0 radical (unpaired) electrons. The van der Waals surface area contributed by atoms with Crippen LogP contribution >= 0.6 is 0 Å². The number of benzene rings is 1. The number of nitrogens with one attached hydrogen (secondary N) is 1. The molecule has 1 aliphatic heterocycles. The summed E-state index contributed by atoms with van der Waals surface area (Å²) in [5.41, 5.74) is 0.838. The van der Waals surface area contributed by atoms with Crippen LogP contribution in [0.25, 0.3) is 0 Å². The van der Waals surface area contributed by atoms with Gasteiger partial charge in [-0.25, -0.2) is 4.79 Å². The van der Waals surface area contributed by atoms with Crippen LogP contribution in [0.2, 0.25) is 0 Å². The molecule has 10 heteroatoms. The zero-order valence-corrected chi connectivity index (χ0v) is 15.3. The van der Waals surface area contributed by atoms with Crippen molar-refractivity contribution >= 4 is 11.9 Å². The van der Waals surface area contributed by atoms with Crippen molar-refractivity contribution in [3.05, 3.63) is 35.9 Å². The quantitative estimate of drug-likeness (QED) is 0.300. The lowest BCUT2D eigenvalue weighted by atomic mass is 9.88. The summed E-state index contributed by atoms with van der Waals surface area (Å²) < 4.78 is 10.4. The largest absolute Gasteiger partial charge is 0.477 e. The van der Waals surface area contributed by atoms with Gasteiger partial charge in [-0.3, -0.25) is 4.79 Å². The van der Waals surface area contributed by atoms with E-state index in [0.29, 0.717) is 0 Å². The summed E-state index contributed by atoms with van der Waals surface area (Å²) in [5, 5.41) is 52.4. The summed E-state index contributed by atoms with van der Waals surface area (Å²) >= 11 is 0. The van der Waals surface area contributed by atoms with Crippen LogP contribution in [-0.4, -0.2) is 80.3 Å². The van der Waals surface area contributed by atoms with Crippen LogP contribution in [0.15, 0.2) is 30.3 Å². The van der Waals surface area contributed by atoms with Crippen LogP contribution in [0.5, 0.6) is 0 Å². The third-order valence-electron chi connectivity index (χ3n) is 4.42. The number of aliphatic hydroxyl groups is 4. The van der Waals surface area contributed by atoms with E-state index in [1.54, 1.807) is 0 Å². The minimum atomic E-state index is -2.77. The number of carboxylic acids is 1. The highest BCUT2D eigenvalue weighted by molar-refractivity contribution is 5.76. The zero-order chi connectivity index (χ0) is 20.9. The molecule has 0 bridgehead atoms. The number of carbonyl (C=O) groups excluding carboxylic acids is 1. The van der Waals surface area contributed by atoms with E-state index in [1.807, 2.05) is 30.3 Å². The van der Waals surface area contributed by atoms with Crippen molar-refractivity contribution in [2.24, 2.45) is 0 Å². The lowest BCUT2D eigenvalue weighted by Gasteiger charge is -2.44. The van der Waals surface area contributed by atoms with Gasteiger partial charge in [0.2, 0.25) is 5.91 Å². The highest BCUT2D eigenvalue weighted by Gasteiger charge is 2.53. The Hall–Kier alpha value is -2.08. The molecule has 10 nitrogen and oxygen atoms in total. The average molecular weight is 399 g/mol. The van der Waals surface area contributed by atoms with E-state index >= 15 is 0 Å². The second kappa shape index (κ2) is 9.41. The Morgan fingerprint density at radius 3 is 2.54 bits per heavy atom. The van der Waals surface area contributed by atoms with Gasteiger partial charge in [-0.15, -0.1) is 0 Å². The summed E-state index contributed by atoms with van der Waals surface area (Å²) in [5.74, 6) is -5.11. The van der Waals surface area contributed by atoms with Crippen molar-refractivity contribution < 1.29 is 44.6 Å². The van der Waals surface area contributed by atoms with Crippen molar-refractivity contribution in [2.75, 3.05) is 6.61 Å². The van der Waals surface area contributed by atoms with Crippen LogP contribution in [0, 0.1) is 0 Å². The molecule has 6 N–H and O–H groups in total. The fraction of sp³-hybridized carbons (Fsp3) is 0.556. The van der Waals surface area contributed by atoms with Gasteiger partial charge in [0.1, 0.15) is 18.3 Å². The number of carbonyl (C=O) groups is 2. The smallest absolute Gasteiger partial charge is 0.364 e. The van der Waals surface area contributed by atoms with Gasteiger partial charge in [0.15, 0.2) is 0 Å². The van der Waals surface area contributed by atoms with Crippen molar-refractivity contribution in [1.29, 1.82) is 0 Å². The molecule has 6 atom stereocenters. The lowest BCUT2D eigenvalue weighted by molar-refractivity contribution is -0.295. The first kappa shape index (κ1) is 22.2. The molecule has 1 fully saturated rings. The van der Waals surface area contributed by atoms with Gasteiger partial charge in [0.25, 0.3) is 5.79 Å². The first-order chi connectivity index (χ1) is 13.1. The van der Waals surface area contributed by atoms with Gasteiger partial charge in [-0.1, -0.05) is 30.3 Å². The number of carboxylic acid groups (broad SMARTS) is 1. The number of amides is 1. The minimum Gasteiger partial charge on any atom is -0.477 e. The van der Waals surface area contributed by atoms with E-state index < -0.39 is 54.5 Å². The van der Waals surface area contributed by atoms with Crippen LogP contribution in [-0.2, 0) is 25.7 Å². The molecule has 1 heterocycles. The molecular weight excluding hydrogens is 374 g/mol. The molecule has 0 aromatic heterocycles. The van der Waals surface area contributed by atoms with Crippen molar-refractivity contribution in [3.63, 3.8) is 0 Å². The Balaban J connectivity index is 2.06. The topological polar surface area (TPSA) is 166 Å². The van der Waals surface area contributed by atoms with Gasteiger partial charge in [-0.2, -0.15) is 0 Å². The number of aliphatic carboxylic acids is 1. The first-order valence-electron chi connectivity index (χ1n) is 8.70. The fourth-order valence-corrected chi connectivity index (χ4v) is 3.00. The average Bonchev–Trinajstić information content (AvgIpc) is 2.63. The van der Waals surface area contributed by atoms with E-state index in [4.69, 9.17) is 14.6 Å². The maximum atomic E-state index is 11.4. The molecule has 1 saturated heterocycles. The van der Waals surface area contributed by atoms with E-state index in [2.05, 4.69) is 5.32 Å². The van der Waals surface area contributed by atoms with E-state index in [-0.39, 0.29) is 13.2 Å². The maximum absolute atomic E-state index is 11.4. The number of hydrogen-bond acceptors (Lipinski definition) is 8. The summed E-state index contributed by atoms with van der Waals surface area (Å²) in [6.07, 6.45) is -7.14. The normalized spacial score (nSPS) is 29.7. The van der Waals surface area contributed by atoms with Crippen molar-refractivity contribution in [1.82, 2.24) is 5.32 Å². The molecule has 1 aromatic rings. The SMILES string of the molecule is CC(=O)N[C@H]1[C@H]([C@@H](O)[C@H](O)COCc2ccccc2)O[C@@](O)(C(=O)O)C[C@@H]1O. The molecule has 156 valence electrons. The molecule has 1 amide bonds. The highest BCUT2D eigenvalue weighted by atomic mass is 16.7. The number of hydrogen-bond donors (Lipinski definition) is 6. The Labute approximate surface area is 161 Å². The molecule has 0 saturated carbocycles. The molecular formula is C18H25NO9. The monoisotopic (exact) mass is 399 g/mol. The second-order valence-corrected chi connectivity index (χ2v) is 6.73. The Morgan fingerprint density at radius 2 is 1.96 bits per heavy atom. The second-order valence-electron chi connectivity index (χ2n) is 6.73. The Kier molecular flexibility index (Phi) is 7.47. The summed E-state index contributed by atoms with van der Waals surface area (Å²) in [6.45, 7) is 0.991. The standard InChI is InChI=1S/C18H25NO9/c1-10(20)19-14-12(21)7-18(26,17(24)25)28-16(14)15(23)13(22)9-27-8-11-5-3-2-4-6-11/h2-6,12-16,21-23,26H,7-9H2,1H3,(H,19,20)(H,24,25)/t12-,13+,14+,15-,16+,18+/m0/s1. The molecule has 1 aromatic carbocycles. The van der Waals surface area contributed by atoms with Gasteiger partial charge in [0.05, 0.1) is 25.4 Å². The summed E-state index contributed by atoms with van der Waals surface area (Å²) in [4.78, 5) is 22.7. The molecule has 28 heavy (non-hydrogen) atoms. The predicted octanol–water partition coefficient (Wildman–Crippen LogP) is -1.65. The van der Waals surface area contributed by atoms with Crippen molar-refractivity contribution in [2.45, 2.75) is 56.2 Å². The van der Waals surface area contributed by atoms with Crippen LogP contribution in [0.1, 0.15) is 18.9 Å². The molecule has 0 aliphatic carbocycles. The highest BCUT2D eigenvalue weighted by Crippen LogP contribution is 2.30. The molecule has 2 rings (SSSR count). The van der Waals surface area contributed by atoms with Crippen LogP contribution in [0.4, 0.5) is 0 Å². The Bertz CT molecular complexity index is 670. The summed E-state index contributed by atoms with van der Waals surface area (Å²) in [7, 11) is 0. The van der Waals surface area contributed by atoms with E-state index in [1.165, 1.54) is 0 Å². The lowest BCUT2D eigenvalue weighted by Crippen LogP contribution is -2.67. The fourth-order valence-electron chi connectivity index (χ4n) is 3.00. The molecule has 0 spiro atoms. The first-order valence-corrected chi connectivity index (χ1v) is 8.70. The summed E-state index contributed by atoms with van der Waals surface area (Å²) in [6, 6.07) is 7.83. The van der Waals surface area contributed by atoms with Crippen LogP contribution < -0.4 is 5.32 Å². The maximum Gasteiger partial charge on any atom is 0.364 e. The van der Waals surface area contributed by atoms with E-state index in [0.717, 1.165) is 12.5 Å². The van der Waals surface area contributed by atoms with Crippen molar-refractivity contribution in [3.8, 4) is 0 Å².